The van der Waals surface area contributed by atoms with Gasteiger partial charge in [-0.05, 0) is 6.92 Å². The van der Waals surface area contributed by atoms with Gasteiger partial charge in [-0.3, -0.25) is 0 Å². The average Bonchev–Trinajstić information content (AvgIpc) is 2.41. The molecule has 9 heteroatoms. The number of carbonyl (C=O) groups is 2. The minimum atomic E-state index is -0.667. The third kappa shape index (κ3) is 5.35. The molecule has 0 fully saturated rings. The van der Waals surface area contributed by atoms with E-state index in [0.717, 1.165) is 12.1 Å². The molecule has 0 saturated heterocycles. The number of urea groups is 1. The number of ether oxygens (including phenoxy) is 1. The summed E-state index contributed by atoms with van der Waals surface area (Å²) in [6.07, 6.45) is -0.576. The number of aromatic hydroxyl groups is 3. The van der Waals surface area contributed by atoms with Gasteiger partial charge in [-0.25, -0.2) is 9.59 Å². The molecule has 0 aliphatic carbocycles. The van der Waals surface area contributed by atoms with Crippen molar-refractivity contribution >= 4 is 17.8 Å². The summed E-state index contributed by atoms with van der Waals surface area (Å²) in [6, 6.07) is 1.54. The Bertz CT molecular complexity index is 497. The molecule has 0 radical (unpaired) electrons. The highest BCUT2D eigenvalue weighted by Gasteiger charge is 2.10. The molecule has 1 aromatic rings. The van der Waals surface area contributed by atoms with Gasteiger partial charge in [-0.1, -0.05) is 0 Å². The summed E-state index contributed by atoms with van der Waals surface area (Å²) in [4.78, 5) is 22.4. The van der Waals surface area contributed by atoms with Crippen LogP contribution >= 0.6 is 0 Å². The van der Waals surface area contributed by atoms with Gasteiger partial charge in [-0.2, -0.15) is 0 Å². The van der Waals surface area contributed by atoms with Gasteiger partial charge in [0.05, 0.1) is 12.3 Å². The van der Waals surface area contributed by atoms with Gasteiger partial charge >= 0.3 is 12.1 Å². The molecule has 0 bridgehead atoms. The van der Waals surface area contributed by atoms with E-state index in [1.54, 1.807) is 6.92 Å². The number of carbonyl (C=O) groups excluding carboxylic acids is 2. The number of nitrogens with one attached hydrogen (secondary N) is 3. The van der Waals surface area contributed by atoms with Crippen molar-refractivity contribution in [2.24, 2.45) is 0 Å². The standard InChI is InChI=1S/C12H17N3O6/c1-2-21-12(20)14-4-3-13-11(19)15-7-5-8(16)10(18)9(17)6-7/h5-6,16-18H,2-4H2,1H3,(H,14,20)(H2,13,15,19). The van der Waals surface area contributed by atoms with Crippen molar-refractivity contribution in [2.45, 2.75) is 6.92 Å². The van der Waals surface area contributed by atoms with Crippen LogP contribution in [0.5, 0.6) is 17.2 Å². The smallest absolute Gasteiger partial charge is 0.407 e. The number of rotatable bonds is 5. The summed E-state index contributed by atoms with van der Waals surface area (Å²) in [5, 5.41) is 34.9. The monoisotopic (exact) mass is 299 g/mol. The second-order valence-corrected chi connectivity index (χ2v) is 3.89. The Morgan fingerprint density at radius 1 is 1.10 bits per heavy atom. The van der Waals surface area contributed by atoms with Crippen molar-refractivity contribution in [1.29, 1.82) is 0 Å². The maximum absolute atomic E-state index is 11.5. The molecule has 21 heavy (non-hydrogen) atoms. The first-order valence-electron chi connectivity index (χ1n) is 6.14. The van der Waals surface area contributed by atoms with Gasteiger partial charge in [0, 0.05) is 25.2 Å². The molecule has 3 amide bonds. The highest BCUT2D eigenvalue weighted by Crippen LogP contribution is 2.37. The van der Waals surface area contributed by atoms with Gasteiger partial charge < -0.3 is 36.0 Å². The first kappa shape index (κ1) is 16.2. The zero-order valence-electron chi connectivity index (χ0n) is 11.3. The van der Waals surface area contributed by atoms with E-state index in [2.05, 4.69) is 20.7 Å². The van der Waals surface area contributed by atoms with Crippen molar-refractivity contribution in [2.75, 3.05) is 25.0 Å². The van der Waals surface area contributed by atoms with Gasteiger partial charge in [0.1, 0.15) is 0 Å². The molecule has 0 aliphatic rings. The number of hydrogen-bond donors (Lipinski definition) is 6. The van der Waals surface area contributed by atoms with Crippen LogP contribution in [0.4, 0.5) is 15.3 Å². The summed E-state index contributed by atoms with van der Waals surface area (Å²) in [5.41, 5.74) is 0.0960. The molecular formula is C12H17N3O6. The Balaban J connectivity index is 2.36. The lowest BCUT2D eigenvalue weighted by Crippen LogP contribution is -2.37. The predicted octanol–water partition coefficient (Wildman–Crippen LogP) is 0.671. The van der Waals surface area contributed by atoms with Crippen LogP contribution in [0.15, 0.2) is 12.1 Å². The normalized spacial score (nSPS) is 9.76. The first-order chi connectivity index (χ1) is 9.93. The summed E-state index contributed by atoms with van der Waals surface area (Å²) in [6.45, 7) is 2.26. The fraction of sp³-hybridized carbons (Fsp3) is 0.333. The maximum atomic E-state index is 11.5. The van der Waals surface area contributed by atoms with Crippen molar-refractivity contribution < 1.29 is 29.6 Å². The summed E-state index contributed by atoms with van der Waals surface area (Å²) >= 11 is 0. The first-order valence-corrected chi connectivity index (χ1v) is 6.14. The summed E-state index contributed by atoms with van der Waals surface area (Å²) in [5.74, 6) is -1.79. The van der Waals surface area contributed by atoms with Crippen molar-refractivity contribution in [3.8, 4) is 17.2 Å². The van der Waals surface area contributed by atoms with Gasteiger partial charge in [-0.15, -0.1) is 0 Å². The van der Waals surface area contributed by atoms with Gasteiger partial charge in [0.15, 0.2) is 17.2 Å². The topological polar surface area (TPSA) is 140 Å². The molecule has 116 valence electrons. The van der Waals surface area contributed by atoms with E-state index in [4.69, 9.17) is 5.11 Å². The van der Waals surface area contributed by atoms with E-state index < -0.39 is 29.4 Å². The lowest BCUT2D eigenvalue weighted by atomic mass is 10.2. The van der Waals surface area contributed by atoms with Crippen LogP contribution in [0.2, 0.25) is 0 Å². The van der Waals surface area contributed by atoms with Crippen LogP contribution in [0.1, 0.15) is 6.92 Å². The third-order valence-corrected chi connectivity index (χ3v) is 2.28. The van der Waals surface area contributed by atoms with E-state index in [9.17, 15) is 19.8 Å². The molecule has 0 heterocycles. The van der Waals surface area contributed by atoms with Crippen LogP contribution in [0, 0.1) is 0 Å². The highest BCUT2D eigenvalue weighted by atomic mass is 16.5. The largest absolute Gasteiger partial charge is 0.504 e. The summed E-state index contributed by atoms with van der Waals surface area (Å²) < 4.78 is 4.62. The quantitative estimate of drug-likeness (QED) is 0.268. The Labute approximate surface area is 120 Å². The number of benzene rings is 1. The Morgan fingerprint density at radius 2 is 1.67 bits per heavy atom. The Hall–Kier alpha value is -2.84. The number of phenols is 3. The van der Waals surface area contributed by atoms with Crippen LogP contribution < -0.4 is 16.0 Å². The zero-order chi connectivity index (χ0) is 15.8. The van der Waals surface area contributed by atoms with Crippen LogP contribution in [0.25, 0.3) is 0 Å². The van der Waals surface area contributed by atoms with Crippen molar-refractivity contribution in [3.05, 3.63) is 12.1 Å². The number of amides is 3. The molecule has 1 aromatic carbocycles. The van der Waals surface area contributed by atoms with Gasteiger partial charge in [0.2, 0.25) is 0 Å². The van der Waals surface area contributed by atoms with E-state index in [1.165, 1.54) is 0 Å². The molecular weight excluding hydrogens is 282 g/mol. The zero-order valence-corrected chi connectivity index (χ0v) is 11.3. The van der Waals surface area contributed by atoms with Crippen LogP contribution in [-0.2, 0) is 4.74 Å². The van der Waals surface area contributed by atoms with E-state index >= 15 is 0 Å². The van der Waals surface area contributed by atoms with Crippen LogP contribution in [0.3, 0.4) is 0 Å². The second kappa shape index (κ2) is 7.68. The average molecular weight is 299 g/mol. The minimum Gasteiger partial charge on any atom is -0.504 e. The molecule has 1 rings (SSSR count). The van der Waals surface area contributed by atoms with Gasteiger partial charge in [0.25, 0.3) is 0 Å². The Morgan fingerprint density at radius 3 is 2.24 bits per heavy atom. The molecule has 0 aliphatic heterocycles. The highest BCUT2D eigenvalue weighted by molar-refractivity contribution is 5.90. The number of alkyl carbamates (subject to hydrolysis) is 1. The van der Waals surface area contributed by atoms with E-state index in [0.29, 0.717) is 0 Å². The molecule has 0 unspecified atom stereocenters. The maximum Gasteiger partial charge on any atom is 0.407 e. The lowest BCUT2D eigenvalue weighted by Gasteiger charge is -2.10. The van der Waals surface area contributed by atoms with E-state index in [1.807, 2.05) is 0 Å². The number of phenolic OH excluding ortho intramolecular Hbond substituents is 3. The molecule has 0 saturated carbocycles. The van der Waals surface area contributed by atoms with Crippen LogP contribution in [-0.4, -0.2) is 47.1 Å². The molecule has 6 N–H and O–H groups in total. The predicted molar refractivity (Wildman–Crippen MR) is 73.5 cm³/mol. The molecule has 0 spiro atoms. The fourth-order valence-electron chi connectivity index (χ4n) is 1.37. The van der Waals surface area contributed by atoms with Crippen molar-refractivity contribution in [1.82, 2.24) is 10.6 Å². The summed E-state index contributed by atoms with van der Waals surface area (Å²) in [7, 11) is 0. The van der Waals surface area contributed by atoms with E-state index in [-0.39, 0.29) is 25.4 Å². The molecule has 0 atom stereocenters. The number of hydrogen-bond acceptors (Lipinski definition) is 6. The third-order valence-electron chi connectivity index (χ3n) is 2.28. The Kier molecular flexibility index (Phi) is 5.93. The SMILES string of the molecule is CCOC(=O)NCCNC(=O)Nc1cc(O)c(O)c(O)c1. The second-order valence-electron chi connectivity index (χ2n) is 3.89. The number of anilines is 1. The lowest BCUT2D eigenvalue weighted by molar-refractivity contribution is 0.152. The van der Waals surface area contributed by atoms with Crippen molar-refractivity contribution in [3.63, 3.8) is 0 Å². The molecule has 9 nitrogen and oxygen atoms in total. The fourth-order valence-corrected chi connectivity index (χ4v) is 1.37. The minimum absolute atomic E-state index is 0.0960. The molecule has 0 aromatic heterocycles.